The number of rotatable bonds is 6. The minimum Gasteiger partial charge on any atom is -0.368 e. The molecule has 0 bridgehead atoms. The van der Waals surface area contributed by atoms with Crippen LogP contribution in [0.25, 0.3) is 44.2 Å². The van der Waals surface area contributed by atoms with E-state index in [0.717, 1.165) is 120 Å². The Morgan fingerprint density at radius 3 is 1.92 bits per heavy atom. The van der Waals surface area contributed by atoms with Crippen LogP contribution in [0.15, 0.2) is 66.7 Å². The van der Waals surface area contributed by atoms with Crippen molar-refractivity contribution in [2.75, 3.05) is 26.3 Å². The van der Waals surface area contributed by atoms with Crippen molar-refractivity contribution in [2.24, 2.45) is 0 Å². The van der Waals surface area contributed by atoms with Gasteiger partial charge in [-0.2, -0.15) is 0 Å². The topological polar surface area (TPSA) is 101 Å². The van der Waals surface area contributed by atoms with Crippen LogP contribution in [0.5, 0.6) is 0 Å². The van der Waals surface area contributed by atoms with E-state index in [9.17, 15) is 9.59 Å². The summed E-state index contributed by atoms with van der Waals surface area (Å²) in [4.78, 5) is 44.1. The number of benzene rings is 3. The van der Waals surface area contributed by atoms with Crippen molar-refractivity contribution in [3.63, 3.8) is 0 Å². The number of nitrogens with zero attached hydrogens (tertiary/aromatic N) is 4. The van der Waals surface area contributed by atoms with Crippen molar-refractivity contribution in [3.8, 4) is 22.3 Å². The van der Waals surface area contributed by atoms with Gasteiger partial charge in [-0.15, -0.1) is 0 Å². The van der Waals surface area contributed by atoms with Crippen molar-refractivity contribution in [1.82, 2.24) is 24.8 Å². The highest BCUT2D eigenvalue weighted by Gasteiger charge is 2.38. The van der Waals surface area contributed by atoms with Crippen molar-refractivity contribution in [2.45, 2.75) is 82.6 Å². The molecule has 4 saturated heterocycles. The number of carbonyl (C=O) groups excluding carboxylic acids is 2. The first kappa shape index (κ1) is 31.4. The summed E-state index contributed by atoms with van der Waals surface area (Å²) in [5.74, 6) is 1.08. The standard InChI is InChI=1S/C41H43N5O4/c1-25-22-34(35-6-2-18-45(35)40(47)37-8-4-20-49-37)42-32-23-28(14-16-30(25)32)26-10-12-27(13-11-26)29-15-17-31-33(24-29)44-39(43-31)36-7-3-19-46(36)41(48)38-9-5-21-50-38/h10-17,22-24,35-38H,2-9,18-21H2,1H3,(H,43,44). The van der Waals surface area contributed by atoms with Gasteiger partial charge in [-0.05, 0) is 110 Å². The third-order valence-corrected chi connectivity index (χ3v) is 11.2. The van der Waals surface area contributed by atoms with Gasteiger partial charge in [0.15, 0.2) is 0 Å². The summed E-state index contributed by atoms with van der Waals surface area (Å²) >= 11 is 0. The number of hydrogen-bond acceptors (Lipinski definition) is 6. The quantitative estimate of drug-likeness (QED) is 0.202. The van der Waals surface area contributed by atoms with E-state index in [1.54, 1.807) is 0 Å². The molecule has 256 valence electrons. The summed E-state index contributed by atoms with van der Waals surface area (Å²) in [6, 6.07) is 23.6. The molecule has 6 heterocycles. The number of likely N-dealkylation sites (tertiary alicyclic amines) is 2. The van der Waals surface area contributed by atoms with Crippen LogP contribution in [0.1, 0.15) is 80.5 Å². The van der Waals surface area contributed by atoms with E-state index >= 15 is 0 Å². The molecule has 4 aliphatic rings. The molecule has 3 aromatic carbocycles. The number of pyridine rings is 1. The Balaban J connectivity index is 0.949. The molecule has 9 nitrogen and oxygen atoms in total. The van der Waals surface area contributed by atoms with Crippen molar-refractivity contribution in [1.29, 1.82) is 0 Å². The molecule has 0 spiro atoms. The molecule has 50 heavy (non-hydrogen) atoms. The molecule has 2 aromatic heterocycles. The molecule has 4 aliphatic heterocycles. The number of ether oxygens (including phenoxy) is 2. The van der Waals surface area contributed by atoms with Crippen LogP contribution < -0.4 is 0 Å². The first-order chi connectivity index (χ1) is 24.5. The summed E-state index contributed by atoms with van der Waals surface area (Å²) in [6.07, 6.45) is 6.71. The number of aromatic nitrogens is 3. The highest BCUT2D eigenvalue weighted by molar-refractivity contribution is 5.88. The summed E-state index contributed by atoms with van der Waals surface area (Å²) in [6.45, 7) is 5.00. The van der Waals surface area contributed by atoms with Gasteiger partial charge < -0.3 is 24.3 Å². The molecule has 0 aliphatic carbocycles. The zero-order valence-corrected chi connectivity index (χ0v) is 28.6. The number of imidazole rings is 1. The summed E-state index contributed by atoms with van der Waals surface area (Å²) in [5, 5.41) is 1.13. The Morgan fingerprint density at radius 1 is 0.660 bits per heavy atom. The number of carbonyl (C=O) groups is 2. The fourth-order valence-corrected chi connectivity index (χ4v) is 8.57. The molecule has 4 fully saturated rings. The van der Waals surface area contributed by atoms with Gasteiger partial charge in [0.05, 0.1) is 34.3 Å². The van der Waals surface area contributed by atoms with E-state index < -0.39 is 0 Å². The zero-order chi connectivity index (χ0) is 33.8. The largest absolute Gasteiger partial charge is 0.368 e. The fourth-order valence-electron chi connectivity index (χ4n) is 8.57. The zero-order valence-electron chi connectivity index (χ0n) is 28.6. The Hall–Kier alpha value is -4.60. The number of amides is 2. The van der Waals surface area contributed by atoms with Gasteiger partial charge in [-0.25, -0.2) is 4.98 Å². The Kier molecular flexibility index (Phi) is 8.12. The van der Waals surface area contributed by atoms with E-state index in [-0.39, 0.29) is 36.1 Å². The molecule has 2 amide bonds. The minimum atomic E-state index is -0.307. The lowest BCUT2D eigenvalue weighted by atomic mass is 9.98. The highest BCUT2D eigenvalue weighted by Crippen LogP contribution is 2.37. The molecule has 0 saturated carbocycles. The Bertz CT molecular complexity index is 2080. The minimum absolute atomic E-state index is 0.00727. The Morgan fingerprint density at radius 2 is 1.26 bits per heavy atom. The van der Waals surface area contributed by atoms with Gasteiger partial charge in [0.2, 0.25) is 0 Å². The van der Waals surface area contributed by atoms with Crippen molar-refractivity contribution >= 4 is 33.8 Å². The number of aryl methyl sites for hydroxylation is 1. The molecular formula is C41H43N5O4. The normalized spacial score (nSPS) is 23.9. The van der Waals surface area contributed by atoms with Crippen LogP contribution in [0, 0.1) is 6.92 Å². The molecule has 0 radical (unpaired) electrons. The smallest absolute Gasteiger partial charge is 0.252 e. The molecule has 1 N–H and O–H groups in total. The maximum Gasteiger partial charge on any atom is 0.252 e. The monoisotopic (exact) mass is 669 g/mol. The van der Waals surface area contributed by atoms with Crippen molar-refractivity contribution < 1.29 is 19.1 Å². The average molecular weight is 670 g/mol. The molecule has 9 rings (SSSR count). The Labute approximate surface area is 292 Å². The lowest BCUT2D eigenvalue weighted by Gasteiger charge is -2.27. The SMILES string of the molecule is Cc1cc(C2CCCN2C(=O)C2CCCO2)nc2cc(-c3ccc(-c4ccc5nc(C6CCCN6C(=O)C6CCCO6)[nH]c5c4)cc3)ccc12. The van der Waals surface area contributed by atoms with Crippen molar-refractivity contribution in [3.05, 3.63) is 83.8 Å². The molecule has 5 aromatic rings. The van der Waals surface area contributed by atoms with E-state index in [1.807, 2.05) is 9.80 Å². The van der Waals surface area contributed by atoms with Gasteiger partial charge >= 0.3 is 0 Å². The van der Waals surface area contributed by atoms with Gasteiger partial charge in [0.25, 0.3) is 11.8 Å². The van der Waals surface area contributed by atoms with Gasteiger partial charge in [0.1, 0.15) is 18.0 Å². The number of H-pyrrole nitrogens is 1. The van der Waals surface area contributed by atoms with Crippen LogP contribution >= 0.6 is 0 Å². The first-order valence-corrected chi connectivity index (χ1v) is 18.4. The molecular weight excluding hydrogens is 626 g/mol. The van der Waals surface area contributed by atoms with E-state index in [2.05, 4.69) is 78.6 Å². The first-order valence-electron chi connectivity index (χ1n) is 18.4. The maximum absolute atomic E-state index is 13.3. The molecule has 9 heteroatoms. The van der Waals surface area contributed by atoms with Crippen LogP contribution in [0.4, 0.5) is 0 Å². The summed E-state index contributed by atoms with van der Waals surface area (Å²) < 4.78 is 11.4. The number of fused-ring (bicyclic) bond motifs is 2. The van der Waals surface area contributed by atoms with E-state index in [0.29, 0.717) is 13.2 Å². The predicted octanol–water partition coefficient (Wildman–Crippen LogP) is 7.44. The van der Waals surface area contributed by atoms with Gasteiger partial charge in [-0.1, -0.05) is 42.5 Å². The average Bonchev–Trinajstić information content (AvgIpc) is 4.00. The summed E-state index contributed by atoms with van der Waals surface area (Å²) in [5.41, 5.74) is 9.45. The fraction of sp³-hybridized carbons (Fsp3) is 0.415. The highest BCUT2D eigenvalue weighted by atomic mass is 16.5. The number of nitrogens with one attached hydrogen (secondary N) is 1. The maximum atomic E-state index is 13.3. The lowest BCUT2D eigenvalue weighted by Crippen LogP contribution is -2.38. The second-order valence-electron chi connectivity index (χ2n) is 14.4. The van der Waals surface area contributed by atoms with Gasteiger partial charge in [-0.3, -0.25) is 14.6 Å². The predicted molar refractivity (Wildman–Crippen MR) is 192 cm³/mol. The summed E-state index contributed by atoms with van der Waals surface area (Å²) in [7, 11) is 0. The number of aromatic amines is 1. The third kappa shape index (κ3) is 5.66. The second kappa shape index (κ2) is 12.9. The van der Waals surface area contributed by atoms with Crippen LogP contribution in [-0.2, 0) is 19.1 Å². The van der Waals surface area contributed by atoms with Crippen LogP contribution in [-0.4, -0.2) is 75.1 Å². The van der Waals surface area contributed by atoms with Crippen LogP contribution in [0.3, 0.4) is 0 Å². The molecule has 4 unspecified atom stereocenters. The number of hydrogen-bond donors (Lipinski definition) is 1. The lowest BCUT2D eigenvalue weighted by molar-refractivity contribution is -0.142. The molecule has 4 atom stereocenters. The third-order valence-electron chi connectivity index (χ3n) is 11.2. The second-order valence-corrected chi connectivity index (χ2v) is 14.4. The van der Waals surface area contributed by atoms with Crippen LogP contribution in [0.2, 0.25) is 0 Å². The van der Waals surface area contributed by atoms with E-state index in [4.69, 9.17) is 19.4 Å². The van der Waals surface area contributed by atoms with E-state index in [1.165, 1.54) is 5.56 Å². The van der Waals surface area contributed by atoms with Gasteiger partial charge in [0, 0.05) is 31.7 Å².